The summed E-state index contributed by atoms with van der Waals surface area (Å²) >= 11 is 13.4. The van der Waals surface area contributed by atoms with Crippen LogP contribution in [0.2, 0.25) is 10.0 Å². The SMILES string of the molecule is O=C(CSCc1ccccc1Cl)N/N=C/c1cc([N+](=O)[O-])ccc1Cl. The van der Waals surface area contributed by atoms with Crippen molar-refractivity contribution in [3.05, 3.63) is 73.8 Å². The molecule has 0 spiro atoms. The quantitative estimate of drug-likeness (QED) is 0.429. The third kappa shape index (κ3) is 6.04. The van der Waals surface area contributed by atoms with Crippen LogP contribution in [0.4, 0.5) is 5.69 Å². The van der Waals surface area contributed by atoms with Crippen molar-refractivity contribution < 1.29 is 9.72 Å². The lowest BCUT2D eigenvalue weighted by Crippen LogP contribution is -2.19. The van der Waals surface area contributed by atoms with Crippen LogP contribution >= 0.6 is 35.0 Å². The number of nitro benzene ring substituents is 1. The highest BCUT2D eigenvalue weighted by Gasteiger charge is 2.08. The summed E-state index contributed by atoms with van der Waals surface area (Å²) in [5.74, 6) is 0.508. The molecule has 0 bridgehead atoms. The van der Waals surface area contributed by atoms with Gasteiger partial charge in [0.2, 0.25) is 5.91 Å². The molecule has 6 nitrogen and oxygen atoms in total. The third-order valence-corrected chi connectivity index (χ3v) is 4.73. The van der Waals surface area contributed by atoms with Gasteiger partial charge < -0.3 is 0 Å². The van der Waals surface area contributed by atoms with Crippen LogP contribution in [0, 0.1) is 10.1 Å². The molecule has 0 saturated carbocycles. The molecule has 1 amide bonds. The Labute approximate surface area is 158 Å². The summed E-state index contributed by atoms with van der Waals surface area (Å²) in [5, 5.41) is 15.5. The van der Waals surface area contributed by atoms with Crippen molar-refractivity contribution in [1.29, 1.82) is 0 Å². The van der Waals surface area contributed by atoms with Crippen LogP contribution < -0.4 is 5.43 Å². The molecule has 0 aliphatic rings. The summed E-state index contributed by atoms with van der Waals surface area (Å²) in [7, 11) is 0. The number of nitrogens with zero attached hydrogens (tertiary/aromatic N) is 2. The zero-order chi connectivity index (χ0) is 18.2. The number of hydrogen-bond donors (Lipinski definition) is 1. The predicted octanol–water partition coefficient (Wildman–Crippen LogP) is 4.29. The van der Waals surface area contributed by atoms with Gasteiger partial charge in [-0.25, -0.2) is 5.43 Å². The van der Waals surface area contributed by atoms with Crippen LogP contribution in [0.25, 0.3) is 0 Å². The number of benzene rings is 2. The maximum absolute atomic E-state index is 11.7. The topological polar surface area (TPSA) is 84.6 Å². The van der Waals surface area contributed by atoms with Crippen LogP contribution in [0.5, 0.6) is 0 Å². The maximum Gasteiger partial charge on any atom is 0.270 e. The number of halogens is 2. The van der Waals surface area contributed by atoms with E-state index >= 15 is 0 Å². The van der Waals surface area contributed by atoms with Gasteiger partial charge in [-0.05, 0) is 17.7 Å². The van der Waals surface area contributed by atoms with Gasteiger partial charge in [0.1, 0.15) is 0 Å². The van der Waals surface area contributed by atoms with E-state index in [1.54, 1.807) is 6.07 Å². The number of hydrazone groups is 1. The smallest absolute Gasteiger partial charge is 0.270 e. The minimum atomic E-state index is -0.530. The van der Waals surface area contributed by atoms with Crippen molar-refractivity contribution in [2.45, 2.75) is 5.75 Å². The number of rotatable bonds is 7. The second-order valence-corrected chi connectivity index (χ2v) is 6.64. The van der Waals surface area contributed by atoms with E-state index in [4.69, 9.17) is 23.2 Å². The summed E-state index contributed by atoms with van der Waals surface area (Å²) in [6, 6.07) is 11.4. The zero-order valence-corrected chi connectivity index (χ0v) is 15.1. The number of thioether (sulfide) groups is 1. The lowest BCUT2D eigenvalue weighted by atomic mass is 10.2. The maximum atomic E-state index is 11.7. The fourth-order valence-corrected chi connectivity index (χ4v) is 3.09. The molecule has 1 N–H and O–H groups in total. The van der Waals surface area contributed by atoms with E-state index in [-0.39, 0.29) is 17.3 Å². The number of carbonyl (C=O) groups excluding carboxylic acids is 1. The molecular weight excluding hydrogens is 385 g/mol. The molecule has 0 aliphatic carbocycles. The highest BCUT2D eigenvalue weighted by atomic mass is 35.5. The third-order valence-electron chi connectivity index (χ3n) is 3.03. The van der Waals surface area contributed by atoms with Gasteiger partial charge in [0.15, 0.2) is 0 Å². The zero-order valence-electron chi connectivity index (χ0n) is 12.8. The Morgan fingerprint density at radius 2 is 2.00 bits per heavy atom. The summed E-state index contributed by atoms with van der Waals surface area (Å²) in [5.41, 5.74) is 3.55. The monoisotopic (exact) mass is 397 g/mol. The fraction of sp³-hybridized carbons (Fsp3) is 0.125. The predicted molar refractivity (Wildman–Crippen MR) is 101 cm³/mol. The Hall–Kier alpha value is -2.09. The molecule has 2 aromatic rings. The van der Waals surface area contributed by atoms with E-state index in [1.165, 1.54) is 36.2 Å². The Bertz CT molecular complexity index is 815. The van der Waals surface area contributed by atoms with Crippen LogP contribution in [-0.4, -0.2) is 22.8 Å². The fourth-order valence-electron chi connectivity index (χ4n) is 1.82. The largest absolute Gasteiger partial charge is 0.272 e. The molecule has 9 heteroatoms. The van der Waals surface area contributed by atoms with Crippen molar-refractivity contribution in [1.82, 2.24) is 5.43 Å². The molecule has 0 aliphatic heterocycles. The van der Waals surface area contributed by atoms with Crippen LogP contribution in [0.15, 0.2) is 47.6 Å². The van der Waals surface area contributed by atoms with Crippen LogP contribution in [0.3, 0.4) is 0 Å². The van der Waals surface area contributed by atoms with Crippen molar-refractivity contribution in [2.75, 3.05) is 5.75 Å². The molecule has 0 saturated heterocycles. The summed E-state index contributed by atoms with van der Waals surface area (Å²) in [4.78, 5) is 22.0. The summed E-state index contributed by atoms with van der Waals surface area (Å²) < 4.78 is 0. The first-order valence-electron chi connectivity index (χ1n) is 7.04. The lowest BCUT2D eigenvalue weighted by Gasteiger charge is -2.03. The molecule has 130 valence electrons. The molecule has 0 heterocycles. The van der Waals surface area contributed by atoms with Gasteiger partial charge in [0, 0.05) is 33.5 Å². The van der Waals surface area contributed by atoms with E-state index in [0.717, 1.165) is 5.56 Å². The average Bonchev–Trinajstić information content (AvgIpc) is 2.58. The normalized spacial score (nSPS) is 10.8. The Kier molecular flexibility index (Phi) is 7.24. The number of amides is 1. The molecule has 0 atom stereocenters. The second-order valence-electron chi connectivity index (χ2n) is 4.84. The average molecular weight is 398 g/mol. The van der Waals surface area contributed by atoms with Gasteiger partial charge in [0.05, 0.1) is 16.9 Å². The lowest BCUT2D eigenvalue weighted by molar-refractivity contribution is -0.384. The first-order valence-corrected chi connectivity index (χ1v) is 8.95. The standard InChI is InChI=1S/C16H13Cl2N3O3S/c17-14-4-2-1-3-11(14)9-25-10-16(22)20-19-8-12-7-13(21(23)24)5-6-15(12)18/h1-8H,9-10H2,(H,20,22)/b19-8+. The number of non-ortho nitro benzene ring substituents is 1. The number of carbonyl (C=O) groups is 1. The van der Waals surface area contributed by atoms with E-state index in [1.807, 2.05) is 18.2 Å². The molecule has 0 radical (unpaired) electrons. The van der Waals surface area contributed by atoms with E-state index in [9.17, 15) is 14.9 Å². The molecule has 0 unspecified atom stereocenters. The molecular formula is C16H13Cl2N3O3S. The highest BCUT2D eigenvalue weighted by Crippen LogP contribution is 2.21. The van der Waals surface area contributed by atoms with Crippen molar-refractivity contribution in [3.63, 3.8) is 0 Å². The van der Waals surface area contributed by atoms with Gasteiger partial charge in [-0.15, -0.1) is 11.8 Å². The second kappa shape index (κ2) is 9.41. The minimum absolute atomic E-state index is 0.104. The number of nitro groups is 1. The van der Waals surface area contributed by atoms with E-state index in [2.05, 4.69) is 10.5 Å². The first kappa shape index (κ1) is 19.2. The molecule has 2 rings (SSSR count). The van der Waals surface area contributed by atoms with Gasteiger partial charge in [-0.3, -0.25) is 14.9 Å². The van der Waals surface area contributed by atoms with Gasteiger partial charge >= 0.3 is 0 Å². The molecule has 2 aromatic carbocycles. The first-order chi connectivity index (χ1) is 12.0. The molecule has 25 heavy (non-hydrogen) atoms. The number of hydrogen-bond acceptors (Lipinski definition) is 5. The van der Waals surface area contributed by atoms with Crippen LogP contribution in [0.1, 0.15) is 11.1 Å². The van der Waals surface area contributed by atoms with Crippen LogP contribution in [-0.2, 0) is 10.5 Å². The highest BCUT2D eigenvalue weighted by molar-refractivity contribution is 7.99. The van der Waals surface area contributed by atoms with Crippen molar-refractivity contribution >= 4 is 52.8 Å². The van der Waals surface area contributed by atoms with Crippen molar-refractivity contribution in [3.8, 4) is 0 Å². The summed E-state index contributed by atoms with van der Waals surface area (Å²) in [6.45, 7) is 0. The van der Waals surface area contributed by atoms with E-state index < -0.39 is 4.92 Å². The molecule has 0 aromatic heterocycles. The Morgan fingerprint density at radius 1 is 1.24 bits per heavy atom. The number of nitrogens with one attached hydrogen (secondary N) is 1. The van der Waals surface area contributed by atoms with Gasteiger partial charge in [-0.1, -0.05) is 41.4 Å². The van der Waals surface area contributed by atoms with E-state index in [0.29, 0.717) is 21.4 Å². The Balaban J connectivity index is 1.83. The van der Waals surface area contributed by atoms with Gasteiger partial charge in [0.25, 0.3) is 5.69 Å². The van der Waals surface area contributed by atoms with Gasteiger partial charge in [-0.2, -0.15) is 5.10 Å². The summed E-state index contributed by atoms with van der Waals surface area (Å²) in [6.07, 6.45) is 1.27. The van der Waals surface area contributed by atoms with Crippen molar-refractivity contribution in [2.24, 2.45) is 5.10 Å². The minimum Gasteiger partial charge on any atom is -0.272 e. The Morgan fingerprint density at radius 3 is 2.72 bits per heavy atom. The molecule has 0 fully saturated rings.